The van der Waals surface area contributed by atoms with Crippen LogP contribution in [-0.4, -0.2) is 33.4 Å². The molecule has 0 aliphatic heterocycles. The summed E-state index contributed by atoms with van der Waals surface area (Å²) < 4.78 is 41.7. The largest absolute Gasteiger partial charge is 0.492 e. The molecule has 0 aromatic heterocycles. The number of benzene rings is 3. The molecule has 172 valence electrons. The second kappa shape index (κ2) is 11.1. The molecule has 0 aliphatic carbocycles. The van der Waals surface area contributed by atoms with E-state index in [0.717, 1.165) is 0 Å². The highest BCUT2D eigenvalue weighted by atomic mass is 79.9. The van der Waals surface area contributed by atoms with Crippen LogP contribution < -0.4 is 10.1 Å². The van der Waals surface area contributed by atoms with Crippen LogP contribution >= 0.6 is 15.9 Å². The van der Waals surface area contributed by atoms with E-state index in [1.54, 1.807) is 74.5 Å². The number of anilines is 1. The number of hydrogen-bond acceptors (Lipinski definition) is 5. The fraction of sp³-hybridized carbons (Fsp3) is 0.167. The van der Waals surface area contributed by atoms with Crippen LogP contribution in [0.25, 0.3) is 0 Å². The van der Waals surface area contributed by atoms with Gasteiger partial charge in [-0.2, -0.15) is 8.42 Å². The predicted octanol–water partition coefficient (Wildman–Crippen LogP) is 5.27. The van der Waals surface area contributed by atoms with E-state index in [1.165, 1.54) is 6.07 Å². The molecule has 0 bridgehead atoms. The van der Waals surface area contributed by atoms with E-state index in [-0.39, 0.29) is 23.1 Å². The summed E-state index contributed by atoms with van der Waals surface area (Å²) >= 11 is 3.31. The molecule has 0 saturated carbocycles. The molecule has 0 amide bonds. The molecule has 0 heterocycles. The second-order valence-corrected chi connectivity index (χ2v) is 9.22. The van der Waals surface area contributed by atoms with Gasteiger partial charge in [-0.1, -0.05) is 46.3 Å². The van der Waals surface area contributed by atoms with Gasteiger partial charge in [0, 0.05) is 15.7 Å². The predicted molar refractivity (Wildman–Crippen MR) is 131 cm³/mol. The number of carbonyl (C=O) groups is 1. The highest BCUT2D eigenvalue weighted by Gasteiger charge is 2.21. The number of sulfonamides is 1. The van der Waals surface area contributed by atoms with Crippen LogP contribution in [0.4, 0.5) is 5.69 Å². The van der Waals surface area contributed by atoms with Crippen molar-refractivity contribution in [1.29, 1.82) is 0 Å². The molecule has 0 spiro atoms. The van der Waals surface area contributed by atoms with Gasteiger partial charge in [-0.25, -0.2) is 4.79 Å². The number of ether oxygens (including phenoxy) is 2. The van der Waals surface area contributed by atoms with Crippen LogP contribution in [0.2, 0.25) is 0 Å². The Bertz CT molecular complexity index is 1240. The normalized spacial score (nSPS) is 11.7. The van der Waals surface area contributed by atoms with Gasteiger partial charge in [0.1, 0.15) is 10.6 Å². The fourth-order valence-electron chi connectivity index (χ4n) is 2.91. The van der Waals surface area contributed by atoms with Crippen LogP contribution in [0.15, 0.2) is 86.6 Å². The molecule has 3 rings (SSSR count). The molecule has 0 radical (unpaired) electrons. The maximum absolute atomic E-state index is 13.3. The third-order valence-electron chi connectivity index (χ3n) is 4.40. The minimum absolute atomic E-state index is 0.0494. The smallest absolute Gasteiger partial charge is 0.338 e. The van der Waals surface area contributed by atoms with Gasteiger partial charge < -0.3 is 14.8 Å². The Labute approximate surface area is 201 Å². The number of nitrogens with zero attached hydrogens (tertiary/aromatic N) is 1. The maximum Gasteiger partial charge on any atom is 0.338 e. The number of hydrogen-bond donors (Lipinski definition) is 1. The Morgan fingerprint density at radius 1 is 0.939 bits per heavy atom. The number of carbonyl (C=O) groups excluding carboxylic acids is 1. The van der Waals surface area contributed by atoms with E-state index in [2.05, 4.69) is 25.6 Å². The van der Waals surface area contributed by atoms with Gasteiger partial charge in [-0.15, -0.1) is 4.40 Å². The zero-order valence-electron chi connectivity index (χ0n) is 18.1. The van der Waals surface area contributed by atoms with Gasteiger partial charge in [0.15, 0.2) is 5.84 Å². The maximum atomic E-state index is 13.3. The summed E-state index contributed by atoms with van der Waals surface area (Å²) in [5.41, 5.74) is 1.52. The standard InChI is InChI=1S/C24H23BrN2O5S/c1-3-31-21-15-12-19(25)16-22(21)33(29,30)27-23(17-8-6-5-7-9-17)26-20-13-10-18(11-14-20)24(28)32-4-2/h5-16H,3-4H2,1-2H3,(H,26,27). The minimum atomic E-state index is -4.14. The van der Waals surface area contributed by atoms with Crippen molar-refractivity contribution in [3.05, 3.63) is 88.4 Å². The van der Waals surface area contributed by atoms with E-state index in [1.807, 2.05) is 6.07 Å². The van der Waals surface area contributed by atoms with Gasteiger partial charge in [0.05, 0.1) is 18.8 Å². The summed E-state index contributed by atoms with van der Waals surface area (Å²) in [5, 5.41) is 3.05. The first kappa shape index (κ1) is 24.5. The van der Waals surface area contributed by atoms with Crippen molar-refractivity contribution >= 4 is 43.4 Å². The molecule has 1 N–H and O–H groups in total. The number of halogens is 1. The quantitative estimate of drug-likeness (QED) is 0.242. The van der Waals surface area contributed by atoms with E-state index >= 15 is 0 Å². The second-order valence-electron chi connectivity index (χ2n) is 6.73. The third-order valence-corrected chi connectivity index (χ3v) is 6.19. The summed E-state index contributed by atoms with van der Waals surface area (Å²) in [6, 6.07) is 20.1. The highest BCUT2D eigenvalue weighted by molar-refractivity contribution is 9.10. The molecular formula is C24H23BrN2O5S. The van der Waals surface area contributed by atoms with Crippen molar-refractivity contribution in [2.24, 2.45) is 4.40 Å². The molecular weight excluding hydrogens is 508 g/mol. The molecule has 0 fully saturated rings. The molecule has 33 heavy (non-hydrogen) atoms. The van der Waals surface area contributed by atoms with Crippen molar-refractivity contribution in [3.63, 3.8) is 0 Å². The molecule has 3 aromatic carbocycles. The van der Waals surface area contributed by atoms with Gasteiger partial charge in [-0.05, 0) is 56.3 Å². The van der Waals surface area contributed by atoms with Gasteiger partial charge in [0.2, 0.25) is 0 Å². The molecule has 0 aliphatic rings. The number of nitrogens with one attached hydrogen (secondary N) is 1. The van der Waals surface area contributed by atoms with Crippen LogP contribution in [-0.2, 0) is 14.8 Å². The van der Waals surface area contributed by atoms with Crippen molar-refractivity contribution in [3.8, 4) is 5.75 Å². The molecule has 0 unspecified atom stereocenters. The third kappa shape index (κ3) is 6.43. The van der Waals surface area contributed by atoms with Gasteiger partial charge in [0.25, 0.3) is 10.0 Å². The highest BCUT2D eigenvalue weighted by Crippen LogP contribution is 2.29. The summed E-state index contributed by atoms with van der Waals surface area (Å²) in [6.07, 6.45) is 0. The van der Waals surface area contributed by atoms with Crippen LogP contribution in [0.5, 0.6) is 5.75 Å². The first-order chi connectivity index (χ1) is 15.8. The molecule has 0 atom stereocenters. The Morgan fingerprint density at radius 3 is 2.27 bits per heavy atom. The lowest BCUT2D eigenvalue weighted by Gasteiger charge is -2.13. The Balaban J connectivity index is 2.02. The van der Waals surface area contributed by atoms with Crippen molar-refractivity contribution < 1.29 is 22.7 Å². The van der Waals surface area contributed by atoms with Crippen LogP contribution in [0.3, 0.4) is 0 Å². The summed E-state index contributed by atoms with van der Waals surface area (Å²) in [5.74, 6) is -0.0840. The van der Waals surface area contributed by atoms with Crippen LogP contribution in [0.1, 0.15) is 29.8 Å². The average Bonchev–Trinajstić information content (AvgIpc) is 2.81. The van der Waals surface area contributed by atoms with Gasteiger partial charge >= 0.3 is 5.97 Å². The number of rotatable bonds is 8. The van der Waals surface area contributed by atoms with Crippen LogP contribution in [0, 0.1) is 0 Å². The van der Waals surface area contributed by atoms with Crippen molar-refractivity contribution in [1.82, 2.24) is 0 Å². The van der Waals surface area contributed by atoms with Crippen molar-refractivity contribution in [2.45, 2.75) is 18.7 Å². The Kier molecular flexibility index (Phi) is 8.24. The van der Waals surface area contributed by atoms with E-state index in [4.69, 9.17) is 9.47 Å². The first-order valence-corrected chi connectivity index (χ1v) is 12.4. The summed E-state index contributed by atoms with van der Waals surface area (Å²) in [6.45, 7) is 4.10. The summed E-state index contributed by atoms with van der Waals surface area (Å²) in [7, 11) is -4.14. The SMILES string of the molecule is CCOC(=O)c1ccc(N/C(=N/S(=O)(=O)c2cc(Br)ccc2OCC)c2ccccc2)cc1. The molecule has 0 saturated heterocycles. The zero-order chi connectivity index (χ0) is 23.8. The molecule has 7 nitrogen and oxygen atoms in total. The zero-order valence-corrected chi connectivity index (χ0v) is 20.5. The van der Waals surface area contributed by atoms with E-state index < -0.39 is 16.0 Å². The van der Waals surface area contributed by atoms with E-state index in [9.17, 15) is 13.2 Å². The average molecular weight is 531 g/mol. The number of esters is 1. The molecule has 9 heteroatoms. The fourth-order valence-corrected chi connectivity index (χ4v) is 4.57. The lowest BCUT2D eigenvalue weighted by Crippen LogP contribution is -2.17. The minimum Gasteiger partial charge on any atom is -0.492 e. The lowest BCUT2D eigenvalue weighted by atomic mass is 10.2. The molecule has 3 aromatic rings. The Hall–Kier alpha value is -3.17. The lowest BCUT2D eigenvalue weighted by molar-refractivity contribution is 0.0526. The topological polar surface area (TPSA) is 94.1 Å². The first-order valence-electron chi connectivity index (χ1n) is 10.2. The summed E-state index contributed by atoms with van der Waals surface area (Å²) in [4.78, 5) is 11.8. The van der Waals surface area contributed by atoms with E-state index in [0.29, 0.717) is 27.9 Å². The van der Waals surface area contributed by atoms with Crippen molar-refractivity contribution in [2.75, 3.05) is 18.5 Å². The Morgan fingerprint density at radius 2 is 1.64 bits per heavy atom. The number of amidine groups is 1. The monoisotopic (exact) mass is 530 g/mol. The van der Waals surface area contributed by atoms with Gasteiger partial charge in [-0.3, -0.25) is 0 Å².